The maximum absolute atomic E-state index is 12.4. The van der Waals surface area contributed by atoms with Crippen LogP contribution in [0.4, 0.5) is 0 Å². The van der Waals surface area contributed by atoms with Crippen molar-refractivity contribution in [3.8, 4) is 0 Å². The minimum atomic E-state index is 0.0648. The number of nitrogens with one attached hydrogen (secondary N) is 1. The van der Waals surface area contributed by atoms with Crippen LogP contribution in [0.15, 0.2) is 0 Å². The first kappa shape index (κ1) is 11.5. The summed E-state index contributed by atoms with van der Waals surface area (Å²) >= 11 is 0. The number of carbonyl (C=O) groups is 1. The van der Waals surface area contributed by atoms with E-state index in [4.69, 9.17) is 4.74 Å². The molecule has 1 N–H and O–H groups in total. The monoisotopic (exact) mass is 238 g/mol. The fraction of sp³-hybridized carbons (Fsp3) is 0.923. The quantitative estimate of drug-likeness (QED) is 0.738. The Morgan fingerprint density at radius 3 is 2.59 bits per heavy atom. The fourth-order valence-corrected chi connectivity index (χ4v) is 3.25. The van der Waals surface area contributed by atoms with E-state index in [2.05, 4.69) is 5.32 Å². The van der Waals surface area contributed by atoms with E-state index in [-0.39, 0.29) is 6.04 Å². The van der Waals surface area contributed by atoms with E-state index in [1.54, 1.807) is 0 Å². The topological polar surface area (TPSA) is 41.6 Å². The zero-order valence-electron chi connectivity index (χ0n) is 10.4. The highest BCUT2D eigenvalue weighted by Crippen LogP contribution is 2.27. The van der Waals surface area contributed by atoms with Crippen LogP contribution >= 0.6 is 0 Å². The van der Waals surface area contributed by atoms with Crippen molar-refractivity contribution in [1.82, 2.24) is 10.2 Å². The van der Waals surface area contributed by atoms with Crippen molar-refractivity contribution in [1.29, 1.82) is 0 Å². The van der Waals surface area contributed by atoms with Crippen LogP contribution < -0.4 is 5.32 Å². The van der Waals surface area contributed by atoms with E-state index >= 15 is 0 Å². The van der Waals surface area contributed by atoms with Gasteiger partial charge in [0.1, 0.15) is 0 Å². The predicted molar refractivity (Wildman–Crippen MR) is 64.7 cm³/mol. The fourth-order valence-electron chi connectivity index (χ4n) is 3.25. The third-order valence-corrected chi connectivity index (χ3v) is 4.21. The third-order valence-electron chi connectivity index (χ3n) is 4.21. The summed E-state index contributed by atoms with van der Waals surface area (Å²) in [5.74, 6) is 0.312. The van der Waals surface area contributed by atoms with Gasteiger partial charge in [-0.05, 0) is 32.2 Å². The van der Waals surface area contributed by atoms with Gasteiger partial charge in [0.2, 0.25) is 5.91 Å². The Morgan fingerprint density at radius 2 is 1.82 bits per heavy atom. The second kappa shape index (κ2) is 4.94. The highest BCUT2D eigenvalue weighted by Gasteiger charge is 2.37. The van der Waals surface area contributed by atoms with E-state index < -0.39 is 0 Å². The molecule has 3 fully saturated rings. The Bertz CT molecular complexity index is 275. The number of morpholine rings is 1. The van der Waals surface area contributed by atoms with Crippen LogP contribution in [0.5, 0.6) is 0 Å². The summed E-state index contributed by atoms with van der Waals surface area (Å²) in [6.07, 6.45) is 7.53. The molecule has 1 amide bonds. The van der Waals surface area contributed by atoms with Crippen molar-refractivity contribution >= 4 is 5.91 Å². The molecule has 3 aliphatic heterocycles. The molecule has 4 nitrogen and oxygen atoms in total. The Hall–Kier alpha value is -0.610. The molecule has 4 heteroatoms. The van der Waals surface area contributed by atoms with Crippen molar-refractivity contribution in [3.63, 3.8) is 0 Å². The molecule has 17 heavy (non-hydrogen) atoms. The lowest BCUT2D eigenvalue weighted by molar-refractivity contribution is -0.142. The Balaban J connectivity index is 1.61. The molecule has 3 rings (SSSR count). The second-order valence-electron chi connectivity index (χ2n) is 5.56. The second-order valence-corrected chi connectivity index (χ2v) is 5.56. The molecular weight excluding hydrogens is 216 g/mol. The normalized spacial score (nSPS) is 37.9. The van der Waals surface area contributed by atoms with E-state index in [0.29, 0.717) is 18.1 Å². The maximum atomic E-state index is 12.4. The number of nitrogens with zero attached hydrogens (tertiary/aromatic N) is 1. The first-order valence-electron chi connectivity index (χ1n) is 7.00. The number of hydrogen-bond donors (Lipinski definition) is 1. The van der Waals surface area contributed by atoms with Gasteiger partial charge in [-0.25, -0.2) is 0 Å². The molecule has 2 bridgehead atoms. The molecule has 0 aromatic carbocycles. The predicted octanol–water partition coefficient (Wildman–Crippen LogP) is 0.908. The highest BCUT2D eigenvalue weighted by atomic mass is 16.5. The molecule has 96 valence electrons. The average molecular weight is 238 g/mol. The molecule has 0 aromatic rings. The first-order chi connectivity index (χ1) is 8.33. The van der Waals surface area contributed by atoms with Crippen molar-refractivity contribution in [2.45, 2.75) is 56.8 Å². The number of ether oxygens (including phenoxy) is 1. The van der Waals surface area contributed by atoms with Crippen LogP contribution in [-0.2, 0) is 9.53 Å². The van der Waals surface area contributed by atoms with Gasteiger partial charge < -0.3 is 15.0 Å². The van der Waals surface area contributed by atoms with Gasteiger partial charge in [0.15, 0.2) is 0 Å². The minimum absolute atomic E-state index is 0.0648. The Kier molecular flexibility index (Phi) is 3.34. The largest absolute Gasteiger partial charge is 0.371 e. The van der Waals surface area contributed by atoms with Crippen LogP contribution in [0.3, 0.4) is 0 Å². The van der Waals surface area contributed by atoms with Gasteiger partial charge in [-0.15, -0.1) is 0 Å². The molecule has 0 saturated carbocycles. The smallest absolute Gasteiger partial charge is 0.239 e. The van der Waals surface area contributed by atoms with Crippen LogP contribution in [0, 0.1) is 0 Å². The number of hydrogen-bond acceptors (Lipinski definition) is 3. The first-order valence-corrected chi connectivity index (χ1v) is 7.00. The number of rotatable bonds is 1. The average Bonchev–Trinajstić information content (AvgIpc) is 2.61. The molecule has 0 aromatic heterocycles. The molecule has 3 saturated heterocycles. The Morgan fingerprint density at radius 1 is 1.06 bits per heavy atom. The molecule has 3 unspecified atom stereocenters. The summed E-state index contributed by atoms with van der Waals surface area (Å²) in [7, 11) is 0. The number of likely N-dealkylation sites (tertiary alicyclic amines) is 1. The summed E-state index contributed by atoms with van der Waals surface area (Å²) in [6, 6.07) is 0.0648. The van der Waals surface area contributed by atoms with Crippen molar-refractivity contribution < 1.29 is 9.53 Å². The Labute approximate surface area is 103 Å². The number of fused-ring (bicyclic) bond motifs is 2. The lowest BCUT2D eigenvalue weighted by atomic mass is 10.1. The standard InChI is InChI=1S/C13H22N2O2/c16-13(12-4-2-1-3-7-14-12)15-8-10-5-6-11(9-15)17-10/h10-12,14H,1-9H2. The van der Waals surface area contributed by atoms with Crippen LogP contribution in [0.1, 0.15) is 38.5 Å². The molecule has 3 atom stereocenters. The molecular formula is C13H22N2O2. The van der Waals surface area contributed by atoms with Gasteiger partial charge in [-0.2, -0.15) is 0 Å². The van der Waals surface area contributed by atoms with Crippen molar-refractivity contribution in [2.24, 2.45) is 0 Å². The zero-order valence-corrected chi connectivity index (χ0v) is 10.4. The van der Waals surface area contributed by atoms with Crippen LogP contribution in [0.25, 0.3) is 0 Å². The van der Waals surface area contributed by atoms with Gasteiger partial charge in [-0.3, -0.25) is 4.79 Å². The summed E-state index contributed by atoms with van der Waals surface area (Å²) < 4.78 is 5.78. The van der Waals surface area contributed by atoms with Gasteiger partial charge in [0.05, 0.1) is 18.2 Å². The summed E-state index contributed by atoms with van der Waals surface area (Å²) in [4.78, 5) is 14.5. The molecule has 0 aliphatic carbocycles. The lowest BCUT2D eigenvalue weighted by Crippen LogP contribution is -2.52. The molecule has 0 spiro atoms. The summed E-state index contributed by atoms with van der Waals surface area (Å²) in [5, 5.41) is 3.40. The van der Waals surface area contributed by atoms with Crippen molar-refractivity contribution in [3.05, 3.63) is 0 Å². The highest BCUT2D eigenvalue weighted by molar-refractivity contribution is 5.82. The lowest BCUT2D eigenvalue weighted by Gasteiger charge is -2.34. The van der Waals surface area contributed by atoms with Crippen LogP contribution in [-0.4, -0.2) is 48.7 Å². The van der Waals surface area contributed by atoms with E-state index in [9.17, 15) is 4.79 Å². The molecule has 0 radical (unpaired) electrons. The zero-order chi connectivity index (χ0) is 11.7. The third kappa shape index (κ3) is 2.47. The van der Waals surface area contributed by atoms with E-state index in [0.717, 1.165) is 38.9 Å². The molecule has 3 heterocycles. The van der Waals surface area contributed by atoms with Gasteiger partial charge in [-0.1, -0.05) is 12.8 Å². The SMILES string of the molecule is O=C(C1CCCCCN1)N1CC2CCC(C1)O2. The summed E-state index contributed by atoms with van der Waals surface area (Å²) in [6.45, 7) is 2.62. The minimum Gasteiger partial charge on any atom is -0.371 e. The van der Waals surface area contributed by atoms with Gasteiger partial charge in [0.25, 0.3) is 0 Å². The maximum Gasteiger partial charge on any atom is 0.239 e. The summed E-state index contributed by atoms with van der Waals surface area (Å²) in [5.41, 5.74) is 0. The van der Waals surface area contributed by atoms with Gasteiger partial charge in [0, 0.05) is 13.1 Å². The number of carbonyl (C=O) groups excluding carboxylic acids is 1. The number of amides is 1. The van der Waals surface area contributed by atoms with Crippen molar-refractivity contribution in [2.75, 3.05) is 19.6 Å². The molecule has 3 aliphatic rings. The van der Waals surface area contributed by atoms with Crippen LogP contribution in [0.2, 0.25) is 0 Å². The van der Waals surface area contributed by atoms with Gasteiger partial charge >= 0.3 is 0 Å². The van der Waals surface area contributed by atoms with E-state index in [1.165, 1.54) is 19.3 Å². The van der Waals surface area contributed by atoms with E-state index in [1.807, 2.05) is 4.90 Å².